The first-order valence-corrected chi connectivity index (χ1v) is 10.8. The topological polar surface area (TPSA) is 200 Å². The number of rotatable bonds is 13. The molecule has 0 radical (unpaired) electrons. The van der Waals surface area contributed by atoms with Gasteiger partial charge in [-0.25, -0.2) is 4.79 Å². The molecule has 170 valence electrons. The summed E-state index contributed by atoms with van der Waals surface area (Å²) in [5.74, 6) is -3.86. The minimum absolute atomic E-state index is 0.283. The van der Waals surface area contributed by atoms with Crippen molar-refractivity contribution in [1.82, 2.24) is 21.3 Å². The van der Waals surface area contributed by atoms with Crippen LogP contribution in [-0.2, 0) is 24.0 Å². The summed E-state index contributed by atoms with van der Waals surface area (Å²) >= 11 is 1.46. The highest BCUT2D eigenvalue weighted by Gasteiger charge is 2.31. The molecule has 1 rings (SSSR count). The van der Waals surface area contributed by atoms with Gasteiger partial charge in [-0.2, -0.15) is 11.8 Å². The Kier molecular flexibility index (Phi) is 11.1. The lowest BCUT2D eigenvalue weighted by Crippen LogP contribution is -2.58. The molecule has 0 spiro atoms. The Labute approximate surface area is 178 Å². The first-order valence-electron chi connectivity index (χ1n) is 9.45. The summed E-state index contributed by atoms with van der Waals surface area (Å²) in [6.45, 7) is -0.171. The molecule has 30 heavy (non-hydrogen) atoms. The van der Waals surface area contributed by atoms with Crippen LogP contribution >= 0.6 is 11.8 Å². The van der Waals surface area contributed by atoms with Crippen molar-refractivity contribution in [2.24, 2.45) is 5.73 Å². The van der Waals surface area contributed by atoms with Crippen molar-refractivity contribution < 1.29 is 34.2 Å². The normalized spacial score (nSPS) is 18.7. The maximum Gasteiger partial charge on any atom is 0.328 e. The van der Waals surface area contributed by atoms with E-state index in [1.807, 2.05) is 11.6 Å². The Morgan fingerprint density at radius 1 is 1.10 bits per heavy atom. The fourth-order valence-electron chi connectivity index (χ4n) is 2.83. The van der Waals surface area contributed by atoms with Gasteiger partial charge in [-0.3, -0.25) is 19.2 Å². The Morgan fingerprint density at radius 2 is 1.73 bits per heavy atom. The molecule has 0 aromatic heterocycles. The third-order valence-electron chi connectivity index (χ3n) is 4.46. The number of carbonyl (C=O) groups is 5. The molecule has 13 heteroatoms. The van der Waals surface area contributed by atoms with E-state index in [1.165, 1.54) is 11.8 Å². The highest BCUT2D eigenvalue weighted by molar-refractivity contribution is 7.98. The molecular formula is C17H29N5O7S. The van der Waals surface area contributed by atoms with Crippen molar-refractivity contribution in [1.29, 1.82) is 0 Å². The fraction of sp³-hybridized carbons (Fsp3) is 0.706. The third kappa shape index (κ3) is 8.55. The van der Waals surface area contributed by atoms with Gasteiger partial charge >= 0.3 is 5.97 Å². The molecule has 4 unspecified atom stereocenters. The predicted octanol–water partition coefficient (Wildman–Crippen LogP) is -3.10. The second kappa shape index (κ2) is 13.0. The SMILES string of the molecule is CSCCC(NC(=O)C1CCCN1)C(=O)NC(CC(N)=O)C(=O)NC(CO)C(=O)O. The van der Waals surface area contributed by atoms with Gasteiger partial charge in [0.1, 0.15) is 18.1 Å². The standard InChI is InChI=1S/C17H29N5O7S/c1-30-6-4-10(20-14(25)9-3-2-5-19-9)15(26)21-11(7-13(18)24)16(27)22-12(8-23)17(28)29/h9-12,19,23H,2-8H2,1H3,(H2,18,24)(H,20,25)(H,21,26)(H,22,27)(H,28,29). The minimum atomic E-state index is -1.61. The molecule has 0 saturated carbocycles. The second-order valence-corrected chi connectivity index (χ2v) is 7.79. The molecule has 1 heterocycles. The highest BCUT2D eigenvalue weighted by Crippen LogP contribution is 2.08. The number of primary amides is 1. The van der Waals surface area contributed by atoms with Gasteiger partial charge in [-0.05, 0) is 37.8 Å². The molecular weight excluding hydrogens is 418 g/mol. The van der Waals surface area contributed by atoms with Gasteiger partial charge < -0.3 is 37.2 Å². The smallest absolute Gasteiger partial charge is 0.328 e. The lowest BCUT2D eigenvalue weighted by atomic mass is 10.1. The van der Waals surface area contributed by atoms with E-state index in [-0.39, 0.29) is 12.3 Å². The van der Waals surface area contributed by atoms with Crippen LogP contribution in [0.25, 0.3) is 0 Å². The van der Waals surface area contributed by atoms with Crippen LogP contribution in [0.3, 0.4) is 0 Å². The van der Waals surface area contributed by atoms with Gasteiger partial charge in [-0.1, -0.05) is 0 Å². The Bertz CT molecular complexity index is 642. The number of amides is 4. The van der Waals surface area contributed by atoms with E-state index in [2.05, 4.69) is 16.0 Å². The Balaban J connectivity index is 2.86. The largest absolute Gasteiger partial charge is 0.480 e. The molecule has 0 aromatic rings. The van der Waals surface area contributed by atoms with E-state index >= 15 is 0 Å². The second-order valence-electron chi connectivity index (χ2n) is 6.81. The van der Waals surface area contributed by atoms with Crippen LogP contribution in [0.5, 0.6) is 0 Å². The first kappa shape index (κ1) is 25.7. The van der Waals surface area contributed by atoms with E-state index < -0.39 is 60.9 Å². The molecule has 1 fully saturated rings. The van der Waals surface area contributed by atoms with Crippen LogP contribution < -0.4 is 27.0 Å². The summed E-state index contributed by atoms with van der Waals surface area (Å²) in [6.07, 6.45) is 3.02. The lowest BCUT2D eigenvalue weighted by molar-refractivity contribution is -0.143. The number of thioether (sulfide) groups is 1. The number of aliphatic carboxylic acids is 1. The van der Waals surface area contributed by atoms with Crippen molar-refractivity contribution in [2.75, 3.05) is 25.2 Å². The monoisotopic (exact) mass is 447 g/mol. The average molecular weight is 448 g/mol. The summed E-state index contributed by atoms with van der Waals surface area (Å²) in [7, 11) is 0. The maximum atomic E-state index is 12.7. The number of hydrogen-bond acceptors (Lipinski definition) is 8. The zero-order chi connectivity index (χ0) is 22.7. The Hall–Kier alpha value is -2.38. The van der Waals surface area contributed by atoms with Gasteiger partial charge in [-0.15, -0.1) is 0 Å². The molecule has 1 aliphatic heterocycles. The third-order valence-corrected chi connectivity index (χ3v) is 5.10. The summed E-state index contributed by atoms with van der Waals surface area (Å²) in [6, 6.07) is -4.42. The maximum absolute atomic E-state index is 12.7. The molecule has 0 bridgehead atoms. The van der Waals surface area contributed by atoms with Crippen LogP contribution in [0.4, 0.5) is 0 Å². The van der Waals surface area contributed by atoms with E-state index in [4.69, 9.17) is 15.9 Å². The van der Waals surface area contributed by atoms with Crippen LogP contribution in [0.2, 0.25) is 0 Å². The van der Waals surface area contributed by atoms with Crippen molar-refractivity contribution in [3.63, 3.8) is 0 Å². The summed E-state index contributed by atoms with van der Waals surface area (Å²) in [4.78, 5) is 59.8. The zero-order valence-electron chi connectivity index (χ0n) is 16.7. The quantitative estimate of drug-likeness (QED) is 0.153. The molecule has 12 nitrogen and oxygen atoms in total. The van der Waals surface area contributed by atoms with Crippen molar-refractivity contribution in [3.8, 4) is 0 Å². The first-order chi connectivity index (χ1) is 14.2. The number of nitrogens with one attached hydrogen (secondary N) is 4. The van der Waals surface area contributed by atoms with Crippen LogP contribution in [0.1, 0.15) is 25.7 Å². The summed E-state index contributed by atoms with van der Waals surface area (Å²) in [5, 5.41) is 28.1. The number of aliphatic hydroxyl groups is 1. The van der Waals surface area contributed by atoms with Crippen LogP contribution in [0, 0.1) is 0 Å². The zero-order valence-corrected chi connectivity index (χ0v) is 17.5. The number of hydrogen-bond donors (Lipinski definition) is 7. The molecule has 4 atom stereocenters. The number of carbonyl (C=O) groups excluding carboxylic acids is 4. The summed E-state index contributed by atoms with van der Waals surface area (Å²) in [5.41, 5.74) is 5.13. The average Bonchev–Trinajstić information content (AvgIpc) is 3.22. The molecule has 4 amide bonds. The molecule has 0 aromatic carbocycles. The van der Waals surface area contributed by atoms with Crippen molar-refractivity contribution >= 4 is 41.4 Å². The van der Waals surface area contributed by atoms with E-state index in [0.717, 1.165) is 6.42 Å². The molecule has 0 aliphatic carbocycles. The van der Waals surface area contributed by atoms with E-state index in [0.29, 0.717) is 18.7 Å². The molecule has 1 aliphatic rings. The van der Waals surface area contributed by atoms with Gasteiger partial charge in [0.2, 0.25) is 23.6 Å². The Morgan fingerprint density at radius 3 is 2.23 bits per heavy atom. The number of carboxylic acids is 1. The number of aliphatic hydroxyl groups excluding tert-OH is 1. The van der Waals surface area contributed by atoms with Crippen molar-refractivity contribution in [2.45, 2.75) is 49.9 Å². The highest BCUT2D eigenvalue weighted by atomic mass is 32.2. The van der Waals surface area contributed by atoms with E-state index in [1.54, 1.807) is 0 Å². The van der Waals surface area contributed by atoms with Gasteiger partial charge in [0, 0.05) is 0 Å². The predicted molar refractivity (Wildman–Crippen MR) is 108 cm³/mol. The minimum Gasteiger partial charge on any atom is -0.480 e. The van der Waals surface area contributed by atoms with Gasteiger partial charge in [0.25, 0.3) is 0 Å². The fourth-order valence-corrected chi connectivity index (χ4v) is 3.30. The number of nitrogens with two attached hydrogens (primary N) is 1. The molecule has 1 saturated heterocycles. The van der Waals surface area contributed by atoms with Gasteiger partial charge in [0.15, 0.2) is 0 Å². The van der Waals surface area contributed by atoms with Crippen molar-refractivity contribution in [3.05, 3.63) is 0 Å². The summed E-state index contributed by atoms with van der Waals surface area (Å²) < 4.78 is 0. The van der Waals surface area contributed by atoms with Gasteiger partial charge in [0.05, 0.1) is 19.1 Å². The number of carboxylic acid groups (broad SMARTS) is 1. The molecule has 8 N–H and O–H groups in total. The van der Waals surface area contributed by atoms with Crippen LogP contribution in [0.15, 0.2) is 0 Å². The van der Waals surface area contributed by atoms with E-state index in [9.17, 15) is 24.0 Å². The lowest BCUT2D eigenvalue weighted by Gasteiger charge is -2.24. The van der Waals surface area contributed by atoms with Crippen LogP contribution in [-0.4, -0.2) is 89.1 Å².